The Morgan fingerprint density at radius 2 is 2.67 bits per heavy atom. The topological polar surface area (TPSA) is 49.3 Å². The van der Waals surface area contributed by atoms with Crippen molar-refractivity contribution >= 4 is 5.97 Å². The van der Waals surface area contributed by atoms with E-state index in [9.17, 15) is 4.79 Å². The Morgan fingerprint density at radius 1 is 1.89 bits per heavy atom. The van der Waals surface area contributed by atoms with Gasteiger partial charge in [0.25, 0.3) is 0 Å². The van der Waals surface area contributed by atoms with Crippen molar-refractivity contribution in [1.82, 2.24) is 5.32 Å². The fraction of sp³-hybridized carbons (Fsp3) is 0.333. The van der Waals surface area contributed by atoms with Gasteiger partial charge < -0.3 is 10.4 Å². The number of carboxylic acids is 1. The molecule has 1 unspecified atom stereocenters. The van der Waals surface area contributed by atoms with Gasteiger partial charge >= 0.3 is 5.97 Å². The van der Waals surface area contributed by atoms with E-state index in [0.29, 0.717) is 6.54 Å². The Kier molecular flexibility index (Phi) is 1.85. The van der Waals surface area contributed by atoms with Crippen LogP contribution in [0.4, 0.5) is 0 Å². The first-order valence-corrected chi connectivity index (χ1v) is 2.68. The Bertz CT molecular complexity index is 142. The van der Waals surface area contributed by atoms with Crippen molar-refractivity contribution in [1.29, 1.82) is 0 Å². The fourth-order valence-corrected chi connectivity index (χ4v) is 0.627. The maximum absolute atomic E-state index is 10.2. The molecule has 0 aliphatic carbocycles. The van der Waals surface area contributed by atoms with E-state index in [1.807, 2.05) is 6.08 Å². The molecule has 48 valence electrons. The molecule has 3 heteroatoms. The first kappa shape index (κ1) is 6.29. The number of aliphatic carboxylic acids is 1. The minimum atomic E-state index is -0.876. The average molecular weight is 125 g/mol. The number of hydrogen-bond acceptors (Lipinski definition) is 2. The first-order valence-electron chi connectivity index (χ1n) is 2.68. The van der Waals surface area contributed by atoms with Crippen LogP contribution in [0, 0.1) is 6.42 Å². The normalized spacial score (nSPS) is 26.0. The fourth-order valence-electron chi connectivity index (χ4n) is 0.627. The summed E-state index contributed by atoms with van der Waals surface area (Å²) in [7, 11) is 0. The van der Waals surface area contributed by atoms with E-state index in [-0.39, 0.29) is 0 Å². The molecule has 1 atom stereocenters. The van der Waals surface area contributed by atoms with Gasteiger partial charge in [-0.15, -0.1) is 0 Å². The molecule has 0 amide bonds. The van der Waals surface area contributed by atoms with Crippen LogP contribution in [-0.4, -0.2) is 23.7 Å². The molecule has 1 aliphatic heterocycles. The van der Waals surface area contributed by atoms with Gasteiger partial charge in [-0.25, -0.2) is 0 Å². The van der Waals surface area contributed by atoms with Crippen LogP contribution >= 0.6 is 0 Å². The summed E-state index contributed by atoms with van der Waals surface area (Å²) in [5, 5.41) is 11.1. The van der Waals surface area contributed by atoms with Gasteiger partial charge in [0.15, 0.2) is 0 Å². The van der Waals surface area contributed by atoms with Gasteiger partial charge in [0.1, 0.15) is 6.04 Å². The minimum absolute atomic E-state index is 0.615. The number of hydrogen-bond donors (Lipinski definition) is 2. The second-order valence-corrected chi connectivity index (χ2v) is 1.75. The van der Waals surface area contributed by atoms with Gasteiger partial charge in [-0.1, -0.05) is 12.2 Å². The molecule has 3 nitrogen and oxygen atoms in total. The molecule has 9 heavy (non-hydrogen) atoms. The van der Waals surface area contributed by atoms with Crippen molar-refractivity contribution in [2.24, 2.45) is 0 Å². The van der Waals surface area contributed by atoms with E-state index in [2.05, 4.69) is 11.7 Å². The van der Waals surface area contributed by atoms with Crippen molar-refractivity contribution in [2.75, 3.05) is 6.54 Å². The quantitative estimate of drug-likeness (QED) is 0.505. The predicted octanol–water partition coefficient (Wildman–Crippen LogP) is -0.320. The minimum Gasteiger partial charge on any atom is -0.480 e. The van der Waals surface area contributed by atoms with E-state index in [0.717, 1.165) is 0 Å². The number of carboxylic acid groups (broad SMARTS) is 1. The first-order chi connectivity index (χ1) is 4.30. The molecule has 0 aromatic carbocycles. The molecule has 1 rings (SSSR count). The van der Waals surface area contributed by atoms with Crippen LogP contribution in [0.3, 0.4) is 0 Å². The summed E-state index contributed by atoms with van der Waals surface area (Å²) in [5.41, 5.74) is 0. The van der Waals surface area contributed by atoms with Crippen molar-refractivity contribution in [3.8, 4) is 0 Å². The van der Waals surface area contributed by atoms with Crippen LogP contribution in [0.25, 0.3) is 0 Å². The maximum atomic E-state index is 10.2. The van der Waals surface area contributed by atoms with Gasteiger partial charge in [0, 0.05) is 13.0 Å². The van der Waals surface area contributed by atoms with Gasteiger partial charge in [0.2, 0.25) is 0 Å². The SMILES string of the molecule is O=C(O)C1[C]C=CCN1. The second kappa shape index (κ2) is 2.64. The third-order valence-electron chi connectivity index (χ3n) is 1.07. The molecular formula is C6H7NO2. The van der Waals surface area contributed by atoms with Gasteiger partial charge in [0.05, 0.1) is 0 Å². The van der Waals surface area contributed by atoms with E-state index in [1.54, 1.807) is 6.08 Å². The van der Waals surface area contributed by atoms with E-state index >= 15 is 0 Å². The van der Waals surface area contributed by atoms with Gasteiger partial charge in [-0.05, 0) is 0 Å². The molecule has 0 bridgehead atoms. The zero-order valence-corrected chi connectivity index (χ0v) is 4.79. The summed E-state index contributed by atoms with van der Waals surface area (Å²) in [5.74, 6) is -0.876. The second-order valence-electron chi connectivity index (χ2n) is 1.75. The zero-order chi connectivity index (χ0) is 6.69. The van der Waals surface area contributed by atoms with Crippen molar-refractivity contribution in [3.05, 3.63) is 18.6 Å². The highest BCUT2D eigenvalue weighted by Crippen LogP contribution is 1.96. The molecule has 1 aliphatic rings. The van der Waals surface area contributed by atoms with Crippen LogP contribution in [0.2, 0.25) is 0 Å². The Balaban J connectivity index is 2.44. The highest BCUT2D eigenvalue weighted by Gasteiger charge is 2.16. The highest BCUT2D eigenvalue weighted by atomic mass is 16.4. The summed E-state index contributed by atoms with van der Waals surface area (Å²) < 4.78 is 0. The van der Waals surface area contributed by atoms with Crippen molar-refractivity contribution in [2.45, 2.75) is 6.04 Å². The number of nitrogens with one attached hydrogen (secondary N) is 1. The van der Waals surface area contributed by atoms with Gasteiger partial charge in [-0.2, -0.15) is 0 Å². The Labute approximate surface area is 53.4 Å². The lowest BCUT2D eigenvalue weighted by molar-refractivity contribution is -0.138. The number of rotatable bonds is 1. The summed E-state index contributed by atoms with van der Waals surface area (Å²) >= 11 is 0. The lowest BCUT2D eigenvalue weighted by Gasteiger charge is -2.12. The maximum Gasteiger partial charge on any atom is 0.321 e. The van der Waals surface area contributed by atoms with Crippen LogP contribution in [0.15, 0.2) is 12.2 Å². The Morgan fingerprint density at radius 3 is 3.00 bits per heavy atom. The van der Waals surface area contributed by atoms with Crippen LogP contribution < -0.4 is 5.32 Å². The van der Waals surface area contributed by atoms with E-state index < -0.39 is 12.0 Å². The molecule has 0 saturated carbocycles. The third kappa shape index (κ3) is 1.54. The van der Waals surface area contributed by atoms with Crippen LogP contribution in [-0.2, 0) is 4.79 Å². The van der Waals surface area contributed by atoms with E-state index in [4.69, 9.17) is 5.11 Å². The third-order valence-corrected chi connectivity index (χ3v) is 1.07. The smallest absolute Gasteiger partial charge is 0.321 e. The summed E-state index contributed by atoms with van der Waals surface area (Å²) in [6, 6.07) is -0.616. The van der Waals surface area contributed by atoms with Crippen molar-refractivity contribution in [3.63, 3.8) is 0 Å². The molecule has 1 heterocycles. The Hall–Kier alpha value is -0.830. The standard InChI is InChI=1S/C6H7NO2/c8-6(9)5-3-1-2-4-7-5/h1-2,5,7H,4H2,(H,8,9). The summed E-state index contributed by atoms with van der Waals surface area (Å²) in [4.78, 5) is 10.2. The largest absolute Gasteiger partial charge is 0.480 e. The average Bonchev–Trinajstić information content (AvgIpc) is 1.90. The molecule has 0 aromatic heterocycles. The summed E-state index contributed by atoms with van der Waals surface area (Å²) in [6.45, 7) is 0.615. The molecular weight excluding hydrogens is 118 g/mol. The van der Waals surface area contributed by atoms with E-state index in [1.165, 1.54) is 0 Å². The predicted molar refractivity (Wildman–Crippen MR) is 31.8 cm³/mol. The van der Waals surface area contributed by atoms with Gasteiger partial charge in [-0.3, -0.25) is 4.79 Å². The molecule has 0 aromatic rings. The monoisotopic (exact) mass is 125 g/mol. The highest BCUT2D eigenvalue weighted by molar-refractivity contribution is 5.76. The molecule has 2 N–H and O–H groups in total. The van der Waals surface area contributed by atoms with Crippen molar-refractivity contribution < 1.29 is 9.90 Å². The lowest BCUT2D eigenvalue weighted by atomic mass is 10.1. The van der Waals surface area contributed by atoms with Crippen LogP contribution in [0.5, 0.6) is 0 Å². The molecule has 0 spiro atoms. The lowest BCUT2D eigenvalue weighted by Crippen LogP contribution is -2.38. The molecule has 2 radical (unpaired) electrons. The molecule has 0 fully saturated rings. The summed E-state index contributed by atoms with van der Waals surface area (Å²) in [6.07, 6.45) is 6.08. The number of carbonyl (C=O) groups is 1. The van der Waals surface area contributed by atoms with Crippen LogP contribution in [0.1, 0.15) is 0 Å². The zero-order valence-electron chi connectivity index (χ0n) is 4.79. The molecule has 0 saturated heterocycles.